The monoisotopic (exact) mass is 353 g/mol. The summed E-state index contributed by atoms with van der Waals surface area (Å²) in [6.45, 7) is 8.12. The molecule has 26 heavy (non-hydrogen) atoms. The molecule has 5 heteroatoms. The molecule has 138 valence electrons. The lowest BCUT2D eigenvalue weighted by atomic mass is 9.75. The molecular weight excluding hydrogens is 326 g/mol. The molecule has 5 nitrogen and oxygen atoms in total. The molecule has 2 aromatic heterocycles. The maximum Gasteiger partial charge on any atom is 0.270 e. The summed E-state index contributed by atoms with van der Waals surface area (Å²) in [6.07, 6.45) is 5.60. The fourth-order valence-electron chi connectivity index (χ4n) is 4.08. The van der Waals surface area contributed by atoms with E-state index in [2.05, 4.69) is 30.7 Å². The van der Waals surface area contributed by atoms with Gasteiger partial charge in [0.15, 0.2) is 5.78 Å². The summed E-state index contributed by atoms with van der Waals surface area (Å²) in [5, 5.41) is 0. The van der Waals surface area contributed by atoms with Crippen LogP contribution in [0.3, 0.4) is 0 Å². The topological polar surface area (TPSA) is 66.1 Å². The summed E-state index contributed by atoms with van der Waals surface area (Å²) >= 11 is 0. The number of fused-ring (bicyclic) bond motifs is 1. The van der Waals surface area contributed by atoms with Gasteiger partial charge in [-0.15, -0.1) is 0 Å². The Balaban J connectivity index is 1.94. The highest BCUT2D eigenvalue weighted by Crippen LogP contribution is 2.37. The quantitative estimate of drug-likeness (QED) is 0.900. The van der Waals surface area contributed by atoms with Crippen molar-refractivity contribution >= 4 is 11.7 Å². The summed E-state index contributed by atoms with van der Waals surface area (Å²) in [4.78, 5) is 34.9. The number of nitrogens with zero attached hydrogens (tertiary/aromatic N) is 2. The van der Waals surface area contributed by atoms with Crippen LogP contribution in [0.15, 0.2) is 24.5 Å². The number of carbonyl (C=O) groups is 2. The standard InChI is InChI=1S/C21H27N3O2/c1-6-16(14-7-9-22-10-8-14)24(5)20(26)19-13(2)18-15(23-19)11-21(3,4)12-17(18)25/h7-10,16,23H,6,11-12H2,1-5H3. The molecule has 0 fully saturated rings. The third kappa shape index (κ3) is 3.18. The number of hydrogen-bond donors (Lipinski definition) is 1. The first kappa shape index (κ1) is 18.4. The SMILES string of the molecule is CCC(c1ccncc1)N(C)C(=O)c1[nH]c2c(c1C)C(=O)CC(C)(C)C2. The summed E-state index contributed by atoms with van der Waals surface area (Å²) < 4.78 is 0. The van der Waals surface area contributed by atoms with E-state index < -0.39 is 0 Å². The van der Waals surface area contributed by atoms with Crippen LogP contribution >= 0.6 is 0 Å². The number of Topliss-reactive ketones (excluding diaryl/α,β-unsaturated/α-hetero) is 1. The molecule has 2 heterocycles. The third-order valence-electron chi connectivity index (χ3n) is 5.38. The second-order valence-electron chi connectivity index (χ2n) is 8.04. The van der Waals surface area contributed by atoms with Crippen molar-refractivity contribution < 1.29 is 9.59 Å². The smallest absolute Gasteiger partial charge is 0.270 e. The predicted octanol–water partition coefficient (Wildman–Crippen LogP) is 4.10. The fourth-order valence-corrected chi connectivity index (χ4v) is 4.08. The molecule has 2 aromatic rings. The molecule has 0 aromatic carbocycles. The first-order valence-electron chi connectivity index (χ1n) is 9.17. The molecule has 1 aliphatic rings. The summed E-state index contributed by atoms with van der Waals surface area (Å²) in [5.74, 6) is 0.0547. The zero-order valence-corrected chi connectivity index (χ0v) is 16.2. The van der Waals surface area contributed by atoms with Crippen LogP contribution in [0.25, 0.3) is 0 Å². The molecule has 1 unspecified atom stereocenters. The van der Waals surface area contributed by atoms with E-state index in [1.807, 2.05) is 26.1 Å². The lowest BCUT2D eigenvalue weighted by Crippen LogP contribution is -2.31. The number of hydrogen-bond acceptors (Lipinski definition) is 3. The second-order valence-corrected chi connectivity index (χ2v) is 8.04. The molecule has 0 radical (unpaired) electrons. The van der Waals surface area contributed by atoms with Gasteiger partial charge in [0, 0.05) is 37.1 Å². The minimum Gasteiger partial charge on any atom is -0.354 e. The van der Waals surface area contributed by atoms with Gasteiger partial charge in [0.05, 0.1) is 6.04 Å². The molecule has 0 saturated carbocycles. The summed E-state index contributed by atoms with van der Waals surface area (Å²) in [6, 6.07) is 3.85. The lowest BCUT2D eigenvalue weighted by Gasteiger charge is -2.28. The average molecular weight is 353 g/mol. The summed E-state index contributed by atoms with van der Waals surface area (Å²) in [5.41, 5.74) is 3.93. The molecule has 1 atom stereocenters. The second kappa shape index (κ2) is 6.71. The van der Waals surface area contributed by atoms with E-state index >= 15 is 0 Å². The van der Waals surface area contributed by atoms with Gasteiger partial charge in [-0.3, -0.25) is 14.6 Å². The molecule has 3 rings (SSSR count). The van der Waals surface area contributed by atoms with Crippen LogP contribution in [-0.2, 0) is 6.42 Å². The van der Waals surface area contributed by atoms with Crippen molar-refractivity contribution in [1.29, 1.82) is 0 Å². The minimum atomic E-state index is -0.0776. The van der Waals surface area contributed by atoms with E-state index in [9.17, 15) is 9.59 Å². The Morgan fingerprint density at radius 2 is 1.96 bits per heavy atom. The Morgan fingerprint density at radius 1 is 1.31 bits per heavy atom. The highest BCUT2D eigenvalue weighted by molar-refractivity contribution is 6.04. The van der Waals surface area contributed by atoms with Crippen molar-refractivity contribution in [2.75, 3.05) is 7.05 Å². The number of pyridine rings is 1. The van der Waals surface area contributed by atoms with Crippen LogP contribution in [0.4, 0.5) is 0 Å². The van der Waals surface area contributed by atoms with Crippen LogP contribution in [0.1, 0.15) is 77.3 Å². The summed E-state index contributed by atoms with van der Waals surface area (Å²) in [7, 11) is 1.82. The fraction of sp³-hybridized carbons (Fsp3) is 0.476. The van der Waals surface area contributed by atoms with Gasteiger partial charge in [-0.1, -0.05) is 20.8 Å². The van der Waals surface area contributed by atoms with E-state index in [0.29, 0.717) is 12.1 Å². The number of nitrogens with one attached hydrogen (secondary N) is 1. The van der Waals surface area contributed by atoms with Gasteiger partial charge >= 0.3 is 0 Å². The molecular formula is C21H27N3O2. The van der Waals surface area contributed by atoms with Crippen molar-refractivity contribution in [3.05, 3.63) is 52.6 Å². The van der Waals surface area contributed by atoms with Crippen molar-refractivity contribution in [2.45, 2.75) is 53.0 Å². The average Bonchev–Trinajstić information content (AvgIpc) is 2.91. The Hall–Kier alpha value is -2.43. The highest BCUT2D eigenvalue weighted by Gasteiger charge is 2.36. The molecule has 1 aliphatic carbocycles. The normalized spacial score (nSPS) is 16.9. The zero-order valence-electron chi connectivity index (χ0n) is 16.2. The van der Waals surface area contributed by atoms with Crippen LogP contribution in [-0.4, -0.2) is 33.6 Å². The zero-order chi connectivity index (χ0) is 19.1. The van der Waals surface area contributed by atoms with Crippen LogP contribution < -0.4 is 0 Å². The number of aromatic amines is 1. The molecule has 0 aliphatic heterocycles. The lowest BCUT2D eigenvalue weighted by molar-refractivity contribution is 0.0719. The Labute approximate surface area is 154 Å². The van der Waals surface area contributed by atoms with Gasteiger partial charge in [0.2, 0.25) is 0 Å². The number of aromatic nitrogens is 2. The van der Waals surface area contributed by atoms with Gasteiger partial charge in [0.25, 0.3) is 5.91 Å². The van der Waals surface area contributed by atoms with Crippen molar-refractivity contribution in [1.82, 2.24) is 14.9 Å². The predicted molar refractivity (Wildman–Crippen MR) is 101 cm³/mol. The largest absolute Gasteiger partial charge is 0.354 e. The van der Waals surface area contributed by atoms with Crippen LogP contribution in [0.5, 0.6) is 0 Å². The van der Waals surface area contributed by atoms with E-state index in [-0.39, 0.29) is 23.1 Å². The van der Waals surface area contributed by atoms with Gasteiger partial charge in [-0.2, -0.15) is 0 Å². The van der Waals surface area contributed by atoms with Crippen molar-refractivity contribution in [2.24, 2.45) is 5.41 Å². The van der Waals surface area contributed by atoms with E-state index in [4.69, 9.17) is 0 Å². The van der Waals surface area contributed by atoms with Crippen LogP contribution in [0.2, 0.25) is 0 Å². The van der Waals surface area contributed by atoms with Gasteiger partial charge < -0.3 is 9.88 Å². The third-order valence-corrected chi connectivity index (χ3v) is 5.38. The van der Waals surface area contributed by atoms with Crippen molar-refractivity contribution in [3.63, 3.8) is 0 Å². The Bertz CT molecular complexity index is 836. The van der Waals surface area contributed by atoms with Crippen molar-refractivity contribution in [3.8, 4) is 0 Å². The first-order valence-corrected chi connectivity index (χ1v) is 9.17. The molecule has 1 N–H and O–H groups in total. The highest BCUT2D eigenvalue weighted by atomic mass is 16.2. The Morgan fingerprint density at radius 3 is 2.58 bits per heavy atom. The maximum atomic E-state index is 13.2. The first-order chi connectivity index (χ1) is 12.2. The van der Waals surface area contributed by atoms with Gasteiger partial charge in [0.1, 0.15) is 5.69 Å². The maximum absolute atomic E-state index is 13.2. The molecule has 0 saturated heterocycles. The number of H-pyrrole nitrogens is 1. The van der Waals surface area contributed by atoms with E-state index in [1.165, 1.54) is 0 Å². The Kier molecular flexibility index (Phi) is 4.74. The molecule has 0 bridgehead atoms. The number of amides is 1. The molecule has 0 spiro atoms. The number of ketones is 1. The van der Waals surface area contributed by atoms with Crippen LogP contribution in [0, 0.1) is 12.3 Å². The van der Waals surface area contributed by atoms with E-state index in [0.717, 1.165) is 35.2 Å². The number of rotatable bonds is 4. The van der Waals surface area contributed by atoms with Gasteiger partial charge in [-0.25, -0.2) is 0 Å². The van der Waals surface area contributed by atoms with Gasteiger partial charge in [-0.05, 0) is 48.4 Å². The number of carbonyl (C=O) groups excluding carboxylic acids is 2. The minimum absolute atomic E-state index is 0.0302. The van der Waals surface area contributed by atoms with E-state index in [1.54, 1.807) is 17.3 Å². The molecule has 1 amide bonds.